The van der Waals surface area contributed by atoms with Crippen LogP contribution in [0.1, 0.15) is 23.6 Å². The predicted molar refractivity (Wildman–Crippen MR) is 95.9 cm³/mol. The molecule has 0 atom stereocenters. The number of hydrogen-bond donors (Lipinski definition) is 1. The Bertz CT molecular complexity index is 781. The summed E-state index contributed by atoms with van der Waals surface area (Å²) < 4.78 is 10.9. The Kier molecular flexibility index (Phi) is 5.88. The quantitative estimate of drug-likeness (QED) is 0.609. The molecule has 24 heavy (non-hydrogen) atoms. The van der Waals surface area contributed by atoms with E-state index < -0.39 is 5.97 Å². The van der Waals surface area contributed by atoms with Gasteiger partial charge in [0.05, 0.1) is 19.3 Å². The van der Waals surface area contributed by atoms with Crippen molar-refractivity contribution >= 4 is 29.2 Å². The Morgan fingerprint density at radius 2 is 2.04 bits per heavy atom. The van der Waals surface area contributed by atoms with Gasteiger partial charge in [-0.05, 0) is 43.2 Å². The summed E-state index contributed by atoms with van der Waals surface area (Å²) in [6.45, 7) is 4.17. The first-order valence-electron chi connectivity index (χ1n) is 7.49. The molecule has 0 aliphatic rings. The minimum Gasteiger partial charge on any atom is -0.493 e. The molecule has 4 nitrogen and oxygen atoms in total. The number of benzene rings is 2. The number of carbonyl (C=O) groups is 1. The van der Waals surface area contributed by atoms with Gasteiger partial charge < -0.3 is 14.6 Å². The summed E-state index contributed by atoms with van der Waals surface area (Å²) in [5.41, 5.74) is 2.18. The van der Waals surface area contributed by atoms with Gasteiger partial charge in [-0.15, -0.1) is 0 Å². The summed E-state index contributed by atoms with van der Waals surface area (Å²) in [6.07, 6.45) is 1.57. The lowest BCUT2D eigenvalue weighted by atomic mass is 10.0. The van der Waals surface area contributed by atoms with Gasteiger partial charge in [0.1, 0.15) is 0 Å². The third kappa shape index (κ3) is 3.89. The maximum Gasteiger partial charge on any atom is 0.336 e. The molecule has 0 bridgehead atoms. The summed E-state index contributed by atoms with van der Waals surface area (Å²) in [7, 11) is 1.54. The molecule has 0 radical (unpaired) electrons. The van der Waals surface area contributed by atoms with Gasteiger partial charge in [-0.2, -0.15) is 0 Å². The van der Waals surface area contributed by atoms with E-state index in [4.69, 9.17) is 21.1 Å². The maximum atomic E-state index is 11.7. The Hall–Kier alpha value is -2.46. The van der Waals surface area contributed by atoms with Gasteiger partial charge >= 0.3 is 5.97 Å². The van der Waals surface area contributed by atoms with Crippen molar-refractivity contribution in [1.82, 2.24) is 0 Å². The molecule has 0 saturated heterocycles. The van der Waals surface area contributed by atoms with Crippen LogP contribution in [0.4, 0.5) is 0 Å². The number of para-hydroxylation sites is 1. The second kappa shape index (κ2) is 7.88. The number of carboxylic acids is 1. The van der Waals surface area contributed by atoms with E-state index in [0.29, 0.717) is 34.3 Å². The highest BCUT2D eigenvalue weighted by molar-refractivity contribution is 6.32. The molecule has 0 heterocycles. The maximum absolute atomic E-state index is 11.7. The molecule has 126 valence electrons. The number of rotatable bonds is 6. The molecular weight excluding hydrogens is 328 g/mol. The largest absolute Gasteiger partial charge is 0.493 e. The minimum atomic E-state index is -1.04. The predicted octanol–water partition coefficient (Wildman–Crippen LogP) is 4.68. The number of hydrogen-bond acceptors (Lipinski definition) is 3. The van der Waals surface area contributed by atoms with Crippen molar-refractivity contribution in [2.75, 3.05) is 13.7 Å². The van der Waals surface area contributed by atoms with Crippen LogP contribution in [0.2, 0.25) is 5.02 Å². The number of aryl methyl sites for hydroxylation is 1. The third-order valence-electron chi connectivity index (χ3n) is 3.53. The third-order valence-corrected chi connectivity index (χ3v) is 3.94. The number of ether oxygens (including phenoxy) is 2. The molecule has 0 unspecified atom stereocenters. The van der Waals surface area contributed by atoms with E-state index in [1.165, 1.54) is 0 Å². The number of methoxy groups -OCH3 is 1. The Labute approximate surface area is 146 Å². The molecule has 0 spiro atoms. The van der Waals surface area contributed by atoms with Crippen LogP contribution in [-0.2, 0) is 4.79 Å². The SMILES string of the molecule is CCOc1c(/C=C(\C(=O)O)c2ccc(C)c(Cl)c2)cccc1OC. The van der Waals surface area contributed by atoms with Crippen molar-refractivity contribution in [3.8, 4) is 11.5 Å². The normalized spacial score (nSPS) is 11.2. The van der Waals surface area contributed by atoms with Gasteiger partial charge in [0.2, 0.25) is 0 Å². The van der Waals surface area contributed by atoms with Gasteiger partial charge in [0.15, 0.2) is 11.5 Å². The van der Waals surface area contributed by atoms with Crippen LogP contribution in [0.5, 0.6) is 11.5 Å². The first-order chi connectivity index (χ1) is 11.5. The zero-order chi connectivity index (χ0) is 17.7. The van der Waals surface area contributed by atoms with Crippen LogP contribution in [0.25, 0.3) is 11.6 Å². The standard InChI is InChI=1S/C19H19ClO4/c1-4-24-18-14(6-5-7-17(18)23-3)10-15(19(21)22)13-9-8-12(2)16(20)11-13/h5-11H,4H2,1-3H3,(H,21,22)/b15-10-. The zero-order valence-corrected chi connectivity index (χ0v) is 14.6. The van der Waals surface area contributed by atoms with Gasteiger partial charge in [-0.1, -0.05) is 35.9 Å². The summed E-state index contributed by atoms with van der Waals surface area (Å²) in [5, 5.41) is 10.1. The average molecular weight is 347 g/mol. The van der Waals surface area contributed by atoms with Crippen molar-refractivity contribution in [3.63, 3.8) is 0 Å². The van der Waals surface area contributed by atoms with E-state index in [0.717, 1.165) is 5.56 Å². The van der Waals surface area contributed by atoms with Gasteiger partial charge in [-0.3, -0.25) is 0 Å². The Morgan fingerprint density at radius 1 is 1.29 bits per heavy atom. The van der Waals surface area contributed by atoms with Crippen molar-refractivity contribution in [2.24, 2.45) is 0 Å². The molecule has 5 heteroatoms. The van der Waals surface area contributed by atoms with E-state index in [1.807, 2.05) is 13.8 Å². The monoisotopic (exact) mass is 346 g/mol. The van der Waals surface area contributed by atoms with Crippen molar-refractivity contribution in [3.05, 3.63) is 58.1 Å². The molecule has 0 fully saturated rings. The summed E-state index contributed by atoms with van der Waals surface area (Å²) in [5.74, 6) is 0.0249. The van der Waals surface area contributed by atoms with E-state index in [9.17, 15) is 9.90 Å². The first-order valence-corrected chi connectivity index (χ1v) is 7.87. The second-order valence-corrected chi connectivity index (χ2v) is 5.55. The molecule has 0 amide bonds. The fraction of sp³-hybridized carbons (Fsp3) is 0.211. The highest BCUT2D eigenvalue weighted by Crippen LogP contribution is 2.34. The molecule has 0 aliphatic heterocycles. The molecule has 0 aromatic heterocycles. The molecule has 2 aromatic rings. The second-order valence-electron chi connectivity index (χ2n) is 5.14. The van der Waals surface area contributed by atoms with E-state index in [2.05, 4.69) is 0 Å². The average Bonchev–Trinajstić information content (AvgIpc) is 2.56. The summed E-state index contributed by atoms with van der Waals surface area (Å²) in [6, 6.07) is 10.5. The number of carboxylic acid groups (broad SMARTS) is 1. The smallest absolute Gasteiger partial charge is 0.336 e. The molecule has 2 rings (SSSR count). The van der Waals surface area contributed by atoms with Crippen LogP contribution in [0.15, 0.2) is 36.4 Å². The van der Waals surface area contributed by atoms with E-state index >= 15 is 0 Å². The molecule has 0 saturated carbocycles. The molecule has 0 aliphatic carbocycles. The fourth-order valence-corrected chi connectivity index (χ4v) is 2.47. The molecular formula is C19H19ClO4. The van der Waals surface area contributed by atoms with E-state index in [-0.39, 0.29) is 5.57 Å². The van der Waals surface area contributed by atoms with Crippen LogP contribution < -0.4 is 9.47 Å². The van der Waals surface area contributed by atoms with Crippen LogP contribution in [0.3, 0.4) is 0 Å². The van der Waals surface area contributed by atoms with Gasteiger partial charge in [0, 0.05) is 10.6 Å². The highest BCUT2D eigenvalue weighted by Gasteiger charge is 2.15. The topological polar surface area (TPSA) is 55.8 Å². The van der Waals surface area contributed by atoms with Crippen LogP contribution in [0, 0.1) is 6.92 Å². The summed E-state index contributed by atoms with van der Waals surface area (Å²) >= 11 is 6.13. The minimum absolute atomic E-state index is 0.131. The van der Waals surface area contributed by atoms with E-state index in [1.54, 1.807) is 49.6 Å². The summed E-state index contributed by atoms with van der Waals surface area (Å²) in [4.78, 5) is 11.7. The Morgan fingerprint density at radius 3 is 2.62 bits per heavy atom. The molecule has 1 N–H and O–H groups in total. The van der Waals surface area contributed by atoms with Crippen molar-refractivity contribution in [1.29, 1.82) is 0 Å². The van der Waals surface area contributed by atoms with Gasteiger partial charge in [-0.25, -0.2) is 4.79 Å². The highest BCUT2D eigenvalue weighted by atomic mass is 35.5. The number of aliphatic carboxylic acids is 1. The first kappa shape index (κ1) is 17.9. The van der Waals surface area contributed by atoms with Crippen molar-refractivity contribution < 1.29 is 19.4 Å². The van der Waals surface area contributed by atoms with Crippen LogP contribution >= 0.6 is 11.6 Å². The lowest BCUT2D eigenvalue weighted by Crippen LogP contribution is -2.02. The fourth-order valence-electron chi connectivity index (χ4n) is 2.29. The lowest BCUT2D eigenvalue weighted by Gasteiger charge is -2.13. The number of halogens is 1. The zero-order valence-electron chi connectivity index (χ0n) is 13.8. The Balaban J connectivity index is 2.60. The van der Waals surface area contributed by atoms with Crippen molar-refractivity contribution in [2.45, 2.75) is 13.8 Å². The van der Waals surface area contributed by atoms with Crippen LogP contribution in [-0.4, -0.2) is 24.8 Å². The van der Waals surface area contributed by atoms with Gasteiger partial charge in [0.25, 0.3) is 0 Å². The lowest BCUT2D eigenvalue weighted by molar-refractivity contribution is -0.130. The molecule has 2 aromatic carbocycles.